The average Bonchev–Trinajstić information content (AvgIpc) is 3.66. The number of aromatic carboxylic acids is 1. The number of carbonyl (C=O) groups is 5. The number of thioether (sulfide) groups is 2. The summed E-state index contributed by atoms with van der Waals surface area (Å²) in [6.45, 7) is 0.396. The minimum atomic E-state index is -1.05. The van der Waals surface area contributed by atoms with Crippen molar-refractivity contribution in [3.8, 4) is 0 Å². The predicted molar refractivity (Wildman–Crippen MR) is 182 cm³/mol. The molecule has 4 aromatic rings. The van der Waals surface area contributed by atoms with Gasteiger partial charge in [0, 0.05) is 14.7 Å². The summed E-state index contributed by atoms with van der Waals surface area (Å²) in [6, 6.07) is 23.9. The van der Waals surface area contributed by atoms with Crippen LogP contribution in [0.4, 0.5) is 0 Å². The van der Waals surface area contributed by atoms with Crippen molar-refractivity contribution < 1.29 is 29.1 Å². The first kappa shape index (κ1) is 34.6. The van der Waals surface area contributed by atoms with Crippen molar-refractivity contribution in [1.29, 1.82) is 0 Å². The number of carboxylic acids is 1. The average molecular weight is 750 g/mol. The summed E-state index contributed by atoms with van der Waals surface area (Å²) < 4.78 is 0.648. The van der Waals surface area contributed by atoms with Gasteiger partial charge in [0.05, 0.1) is 33.0 Å². The van der Waals surface area contributed by atoms with Crippen molar-refractivity contribution in [1.82, 2.24) is 20.9 Å². The third kappa shape index (κ3) is 8.61. The van der Waals surface area contributed by atoms with Gasteiger partial charge in [0.2, 0.25) is 0 Å². The zero-order chi connectivity index (χ0) is 33.7. The van der Waals surface area contributed by atoms with E-state index in [1.54, 1.807) is 60.7 Å². The first-order chi connectivity index (χ1) is 22.5. The first-order valence-electron chi connectivity index (χ1n) is 13.6. The van der Waals surface area contributed by atoms with Crippen LogP contribution in [0.2, 0.25) is 14.4 Å². The second-order valence-electron chi connectivity index (χ2n) is 9.87. The predicted octanol–water partition coefficient (Wildman–Crippen LogP) is 6.16. The van der Waals surface area contributed by atoms with Crippen LogP contribution >= 0.6 is 69.7 Å². The fraction of sp³-hybridized carbons (Fsp3) is 0.129. The van der Waals surface area contributed by atoms with E-state index in [2.05, 4.69) is 10.9 Å². The van der Waals surface area contributed by atoms with E-state index in [1.165, 1.54) is 33.5 Å². The lowest BCUT2D eigenvalue weighted by Gasteiger charge is -2.15. The molecule has 0 spiro atoms. The maximum atomic E-state index is 12.5. The molecule has 242 valence electrons. The number of carbonyl (C=O) groups excluding carboxylic acids is 4. The quantitative estimate of drug-likeness (QED) is 0.173. The molecule has 0 radical (unpaired) electrons. The molecule has 1 aromatic heterocycles. The number of carboxylic acid groups (broad SMARTS) is 1. The fourth-order valence-electron chi connectivity index (χ4n) is 4.36. The number of hydrogen-bond donors (Lipinski definition) is 3. The molecular formula is C31H23Cl3N4O6S3. The van der Waals surface area contributed by atoms with Crippen LogP contribution in [0.5, 0.6) is 0 Å². The molecule has 2 atom stereocenters. The molecule has 3 aromatic carbocycles. The number of nitrogens with one attached hydrogen (secondary N) is 2. The standard InChI is InChI=1S/C17H13ClN2O4S.C14H10Cl2N2O2S2/c18-12-6-1-2-7-13(12)25-14-15(21)19-20(16(14)22)9-10-4-3-5-11(8-10)17(23)24;15-9-3-1-2-4-10(9)22-12-13(19)17-18(14(12)20)7-8-5-6-11(16)21-8/h1-8,14H,9H2,(H,19,21)(H,23,24);1-6,12H,7H2,(H,17,19). The molecule has 3 heterocycles. The normalized spacial score (nSPS) is 17.3. The summed E-state index contributed by atoms with van der Waals surface area (Å²) in [5, 5.41) is 10.8. The van der Waals surface area contributed by atoms with Gasteiger partial charge in [0.15, 0.2) is 10.5 Å². The molecule has 6 rings (SSSR count). The Labute approximate surface area is 296 Å². The van der Waals surface area contributed by atoms with Crippen LogP contribution < -0.4 is 10.9 Å². The highest BCUT2D eigenvalue weighted by Crippen LogP contribution is 2.34. The van der Waals surface area contributed by atoms with Gasteiger partial charge in [-0.2, -0.15) is 0 Å². The molecule has 2 fully saturated rings. The Kier molecular flexibility index (Phi) is 11.4. The molecule has 0 aliphatic carbocycles. The van der Waals surface area contributed by atoms with E-state index < -0.39 is 28.3 Å². The van der Waals surface area contributed by atoms with Crippen LogP contribution in [0, 0.1) is 0 Å². The van der Waals surface area contributed by atoms with Crippen LogP contribution in [-0.4, -0.2) is 55.2 Å². The number of benzene rings is 3. The Balaban J connectivity index is 0.000000186. The van der Waals surface area contributed by atoms with E-state index in [1.807, 2.05) is 12.1 Å². The van der Waals surface area contributed by atoms with Crippen molar-refractivity contribution in [3.63, 3.8) is 0 Å². The molecule has 2 saturated heterocycles. The van der Waals surface area contributed by atoms with E-state index in [9.17, 15) is 24.0 Å². The molecule has 0 bridgehead atoms. The minimum absolute atomic E-state index is 0.0886. The van der Waals surface area contributed by atoms with Crippen molar-refractivity contribution in [2.24, 2.45) is 0 Å². The lowest BCUT2D eigenvalue weighted by atomic mass is 10.1. The summed E-state index contributed by atoms with van der Waals surface area (Å²) in [6.07, 6.45) is 0. The lowest BCUT2D eigenvalue weighted by molar-refractivity contribution is -0.130. The lowest BCUT2D eigenvalue weighted by Crippen LogP contribution is -2.35. The number of amides is 4. The summed E-state index contributed by atoms with van der Waals surface area (Å²) >= 11 is 21.6. The zero-order valence-corrected chi connectivity index (χ0v) is 28.6. The highest BCUT2D eigenvalue weighted by atomic mass is 35.5. The Morgan fingerprint density at radius 2 is 1.26 bits per heavy atom. The van der Waals surface area contributed by atoms with Gasteiger partial charge in [0.1, 0.15) is 0 Å². The molecule has 3 N–H and O–H groups in total. The van der Waals surface area contributed by atoms with E-state index in [-0.39, 0.29) is 23.9 Å². The van der Waals surface area contributed by atoms with Crippen LogP contribution in [0.15, 0.2) is 94.7 Å². The maximum Gasteiger partial charge on any atom is 0.335 e. The molecule has 2 aliphatic rings. The number of nitrogens with zero attached hydrogens (tertiary/aromatic N) is 2. The third-order valence-electron chi connectivity index (χ3n) is 6.57. The van der Waals surface area contributed by atoms with Gasteiger partial charge in [-0.1, -0.05) is 71.2 Å². The fourth-order valence-corrected chi connectivity index (χ4v) is 7.93. The van der Waals surface area contributed by atoms with Crippen LogP contribution in [0.25, 0.3) is 0 Å². The molecule has 16 heteroatoms. The van der Waals surface area contributed by atoms with Gasteiger partial charge in [-0.25, -0.2) is 14.8 Å². The minimum Gasteiger partial charge on any atom is -0.478 e. The molecule has 2 unspecified atom stereocenters. The van der Waals surface area contributed by atoms with Crippen LogP contribution in [0.3, 0.4) is 0 Å². The van der Waals surface area contributed by atoms with E-state index in [0.717, 1.165) is 28.4 Å². The Morgan fingerprint density at radius 1 is 0.723 bits per heavy atom. The number of hydrogen-bond acceptors (Lipinski definition) is 8. The Bertz CT molecular complexity index is 1860. The van der Waals surface area contributed by atoms with Gasteiger partial charge in [0.25, 0.3) is 23.6 Å². The highest BCUT2D eigenvalue weighted by Gasteiger charge is 2.41. The molecule has 10 nitrogen and oxygen atoms in total. The molecule has 47 heavy (non-hydrogen) atoms. The largest absolute Gasteiger partial charge is 0.478 e. The van der Waals surface area contributed by atoms with Gasteiger partial charge in [-0.05, 0) is 54.1 Å². The van der Waals surface area contributed by atoms with Gasteiger partial charge in [-0.3, -0.25) is 30.0 Å². The summed E-state index contributed by atoms with van der Waals surface area (Å²) in [5.74, 6) is -2.48. The van der Waals surface area contributed by atoms with Gasteiger partial charge >= 0.3 is 5.97 Å². The maximum absolute atomic E-state index is 12.5. The van der Waals surface area contributed by atoms with E-state index in [4.69, 9.17) is 39.9 Å². The van der Waals surface area contributed by atoms with Crippen molar-refractivity contribution in [2.75, 3.05) is 0 Å². The Morgan fingerprint density at radius 3 is 1.74 bits per heavy atom. The van der Waals surface area contributed by atoms with Crippen molar-refractivity contribution in [3.05, 3.63) is 115 Å². The second-order valence-corrected chi connectivity index (χ2v) is 14.8. The number of hydrazine groups is 2. The molecular weight excluding hydrogens is 727 g/mol. The molecule has 0 saturated carbocycles. The smallest absolute Gasteiger partial charge is 0.335 e. The molecule has 2 aliphatic heterocycles. The number of rotatable bonds is 9. The van der Waals surface area contributed by atoms with Crippen molar-refractivity contribution >= 4 is 99.3 Å². The second kappa shape index (κ2) is 15.5. The summed E-state index contributed by atoms with van der Waals surface area (Å²) in [4.78, 5) is 62.4. The van der Waals surface area contributed by atoms with E-state index in [0.29, 0.717) is 36.3 Å². The monoisotopic (exact) mass is 748 g/mol. The van der Waals surface area contributed by atoms with Gasteiger partial charge in [-0.15, -0.1) is 34.9 Å². The van der Waals surface area contributed by atoms with Crippen LogP contribution in [0.1, 0.15) is 20.8 Å². The zero-order valence-electron chi connectivity index (χ0n) is 23.9. The third-order valence-corrected chi connectivity index (χ3v) is 11.2. The topological polar surface area (TPSA) is 136 Å². The van der Waals surface area contributed by atoms with Crippen LogP contribution in [-0.2, 0) is 32.3 Å². The van der Waals surface area contributed by atoms with E-state index >= 15 is 0 Å². The highest BCUT2D eigenvalue weighted by molar-refractivity contribution is 8.01. The number of halogens is 3. The Hall–Kier alpha value is -3.72. The van der Waals surface area contributed by atoms with Gasteiger partial charge < -0.3 is 5.11 Å². The first-order valence-corrected chi connectivity index (χ1v) is 17.3. The number of thiophene rings is 1. The summed E-state index contributed by atoms with van der Waals surface area (Å²) in [5.41, 5.74) is 5.85. The summed E-state index contributed by atoms with van der Waals surface area (Å²) in [7, 11) is 0. The molecule has 4 amide bonds. The SMILES string of the molecule is O=C(O)c1cccc(CN2NC(=O)C(Sc3ccccc3Cl)C2=O)c1.O=C1NN(Cc2ccc(Cl)s2)C(=O)C1Sc1ccccc1Cl. The van der Waals surface area contributed by atoms with Crippen molar-refractivity contribution in [2.45, 2.75) is 33.4 Å².